The number of ketones is 2. The molecule has 40 heavy (non-hydrogen) atoms. The second kappa shape index (κ2) is 26.3. The van der Waals surface area contributed by atoms with E-state index in [2.05, 4.69) is 166 Å². The third kappa shape index (κ3) is 23.9. The highest BCUT2D eigenvalue weighted by atomic mass is 16.1. The van der Waals surface area contributed by atoms with Gasteiger partial charge in [0.05, 0.1) is 0 Å². The average molecular weight is 503 g/mol. The molecule has 0 amide bonds. The highest BCUT2D eigenvalue weighted by Crippen LogP contribution is 2.21. The second-order valence-electron chi connectivity index (χ2n) is 6.48. The molecule has 1 atom stereocenters. The highest BCUT2D eigenvalue weighted by Gasteiger charge is 2.22. The molecule has 0 bridgehead atoms. The Balaban J connectivity index is 0.00000126. The van der Waals surface area contributed by atoms with Gasteiger partial charge in [-0.05, 0) is 114 Å². The first-order valence-electron chi connectivity index (χ1n) is 11.0. The first-order valence-corrected chi connectivity index (χ1v) is 11.0. The van der Waals surface area contributed by atoms with Gasteiger partial charge >= 0.3 is 0 Å². The lowest BCUT2D eigenvalue weighted by molar-refractivity contribution is -0.128. The van der Waals surface area contributed by atoms with Crippen molar-refractivity contribution in [2.75, 3.05) is 0 Å². The van der Waals surface area contributed by atoms with Gasteiger partial charge in [-0.25, -0.2) is 0 Å². The van der Waals surface area contributed by atoms with Gasteiger partial charge in [0.1, 0.15) is 11.6 Å². The quantitative estimate of drug-likeness (QED) is 0.511. The Morgan fingerprint density at radius 2 is 0.775 bits per heavy atom. The molecule has 0 aromatic carbocycles. The van der Waals surface area contributed by atoms with Crippen LogP contribution in [0.1, 0.15) is 32.6 Å². The summed E-state index contributed by atoms with van der Waals surface area (Å²) in [5, 5.41) is 0. The molecular formula is C38H14O2. The molecule has 2 nitrogen and oxygen atoms in total. The fourth-order valence-corrected chi connectivity index (χ4v) is 2.19. The predicted molar refractivity (Wildman–Crippen MR) is 156 cm³/mol. The van der Waals surface area contributed by atoms with Crippen molar-refractivity contribution in [1.82, 2.24) is 0 Å². The van der Waals surface area contributed by atoms with Crippen molar-refractivity contribution in [1.29, 1.82) is 0 Å². The van der Waals surface area contributed by atoms with E-state index in [4.69, 9.17) is 12.8 Å². The monoisotopic (exact) mass is 502 g/mol. The summed E-state index contributed by atoms with van der Waals surface area (Å²) in [6.45, 7) is 1.57. The van der Waals surface area contributed by atoms with E-state index >= 15 is 0 Å². The number of carbonyl (C=O) groups is 2. The SMILES string of the molecule is C#CC#CC#CC#CC#CC#CC#CC#CC#CC#CC#CC#CC#CC#CC#C.CC(=O)C1CCCC(=O)C1. The van der Waals surface area contributed by atoms with Gasteiger partial charge in [0.15, 0.2) is 0 Å². The van der Waals surface area contributed by atoms with Gasteiger partial charge in [0.2, 0.25) is 0 Å². The zero-order chi connectivity index (χ0) is 29.4. The lowest BCUT2D eigenvalue weighted by Gasteiger charge is -2.17. The molecule has 0 saturated heterocycles. The Bertz CT molecular complexity index is 1800. The van der Waals surface area contributed by atoms with Gasteiger partial charge in [0, 0.05) is 89.8 Å². The van der Waals surface area contributed by atoms with Crippen LogP contribution in [-0.2, 0) is 9.59 Å². The Hall–Kier alpha value is -7.26. The number of hydrogen-bond donors (Lipinski definition) is 0. The molecule has 1 unspecified atom stereocenters. The minimum Gasteiger partial charge on any atom is -0.300 e. The standard InChI is InChI=1S/C30H2.C8H12O2/c1-3-5-7-9-11-13-15-17-19-21-23-25-27-29-30-28-26-24-22-20-18-16-14-12-10-8-6-4-2;1-6(9)7-3-2-4-8(10)5-7/h1-2H;7H,2-5H2,1H3. The van der Waals surface area contributed by atoms with Crippen LogP contribution in [0.3, 0.4) is 0 Å². The van der Waals surface area contributed by atoms with Crippen LogP contribution in [0.2, 0.25) is 0 Å². The maximum absolute atomic E-state index is 10.8. The van der Waals surface area contributed by atoms with Crippen molar-refractivity contribution in [3.63, 3.8) is 0 Å². The smallest absolute Gasteiger partial charge is 0.133 e. The van der Waals surface area contributed by atoms with E-state index in [1.165, 1.54) is 0 Å². The van der Waals surface area contributed by atoms with Crippen LogP contribution in [-0.4, -0.2) is 11.6 Å². The molecular weight excluding hydrogens is 488 g/mol. The molecule has 2 heteroatoms. The zero-order valence-corrected chi connectivity index (χ0v) is 21.4. The van der Waals surface area contributed by atoms with Crippen LogP contribution in [0.5, 0.6) is 0 Å². The van der Waals surface area contributed by atoms with Gasteiger partial charge in [-0.1, -0.05) is 0 Å². The Morgan fingerprint density at radius 1 is 0.525 bits per heavy atom. The predicted octanol–water partition coefficient (Wildman–Crippen LogP) is 1.63. The van der Waals surface area contributed by atoms with Gasteiger partial charge in [-0.3, -0.25) is 9.59 Å². The van der Waals surface area contributed by atoms with E-state index in [0.29, 0.717) is 12.8 Å². The highest BCUT2D eigenvalue weighted by molar-refractivity contribution is 5.87. The number of carbonyl (C=O) groups excluding carboxylic acids is 2. The van der Waals surface area contributed by atoms with Gasteiger partial charge in [0.25, 0.3) is 0 Å². The molecule has 1 rings (SSSR count). The van der Waals surface area contributed by atoms with Gasteiger partial charge < -0.3 is 0 Å². The second-order valence-corrected chi connectivity index (χ2v) is 6.48. The summed E-state index contributed by atoms with van der Waals surface area (Å²) >= 11 is 0. The number of Topliss-reactive ketones (excluding diaryl/α,β-unsaturated/α-hetero) is 2. The maximum atomic E-state index is 10.8. The van der Waals surface area contributed by atoms with Crippen molar-refractivity contribution in [2.24, 2.45) is 5.92 Å². The summed E-state index contributed by atoms with van der Waals surface area (Å²) < 4.78 is 0. The fraction of sp³-hybridized carbons (Fsp3) is 0.158. The third-order valence-electron chi connectivity index (χ3n) is 3.76. The molecule has 1 saturated carbocycles. The van der Waals surface area contributed by atoms with Crippen LogP contribution < -0.4 is 0 Å². The van der Waals surface area contributed by atoms with Gasteiger partial charge in [-0.15, -0.1) is 12.8 Å². The summed E-state index contributed by atoms with van der Waals surface area (Å²) in [5.41, 5.74) is 0. The van der Waals surface area contributed by atoms with Gasteiger partial charge in [-0.2, -0.15) is 0 Å². The molecule has 0 spiro atoms. The third-order valence-corrected chi connectivity index (χ3v) is 3.76. The zero-order valence-electron chi connectivity index (χ0n) is 21.4. The number of terminal acetylenes is 2. The number of rotatable bonds is 1. The summed E-state index contributed by atoms with van der Waals surface area (Å²) in [4.78, 5) is 21.6. The fourth-order valence-electron chi connectivity index (χ4n) is 2.19. The first kappa shape index (κ1) is 32.7. The van der Waals surface area contributed by atoms with E-state index in [9.17, 15) is 9.59 Å². The van der Waals surface area contributed by atoms with Crippen LogP contribution in [0.25, 0.3) is 0 Å². The molecule has 1 aliphatic carbocycles. The van der Waals surface area contributed by atoms with Crippen LogP contribution in [0.4, 0.5) is 0 Å². The van der Waals surface area contributed by atoms with E-state index in [1.54, 1.807) is 6.92 Å². The summed E-state index contributed by atoms with van der Waals surface area (Å²) in [5.74, 6) is 68.6. The molecule has 0 radical (unpaired) electrons. The van der Waals surface area contributed by atoms with Crippen molar-refractivity contribution in [3.8, 4) is 179 Å². The lowest BCUT2D eigenvalue weighted by Crippen LogP contribution is -2.20. The molecule has 0 N–H and O–H groups in total. The molecule has 0 aromatic rings. The van der Waals surface area contributed by atoms with Crippen LogP contribution in [0.15, 0.2) is 0 Å². The Morgan fingerprint density at radius 3 is 0.950 bits per heavy atom. The van der Waals surface area contributed by atoms with E-state index in [0.717, 1.165) is 12.8 Å². The van der Waals surface area contributed by atoms with E-state index < -0.39 is 0 Å². The Kier molecular flexibility index (Phi) is 21.6. The summed E-state index contributed by atoms with van der Waals surface area (Å²) in [7, 11) is 0. The molecule has 0 heterocycles. The molecule has 0 aliphatic heterocycles. The first-order chi connectivity index (χ1) is 19.6. The topological polar surface area (TPSA) is 34.1 Å². The Labute approximate surface area is 238 Å². The normalized spacial score (nSPS) is 9.47. The molecule has 1 fully saturated rings. The average Bonchev–Trinajstić information content (AvgIpc) is 2.95. The lowest BCUT2D eigenvalue weighted by atomic mass is 9.86. The van der Waals surface area contributed by atoms with Crippen LogP contribution in [0, 0.1) is 185 Å². The largest absolute Gasteiger partial charge is 0.300 e. The van der Waals surface area contributed by atoms with E-state index in [1.807, 2.05) is 0 Å². The van der Waals surface area contributed by atoms with E-state index in [-0.39, 0.29) is 17.5 Å². The van der Waals surface area contributed by atoms with Crippen molar-refractivity contribution in [2.45, 2.75) is 32.6 Å². The summed E-state index contributed by atoms with van der Waals surface area (Å²) in [6, 6.07) is 0. The van der Waals surface area contributed by atoms with Crippen molar-refractivity contribution in [3.05, 3.63) is 0 Å². The van der Waals surface area contributed by atoms with Crippen molar-refractivity contribution >= 4 is 11.6 Å². The number of hydrogen-bond acceptors (Lipinski definition) is 2. The van der Waals surface area contributed by atoms with Crippen molar-refractivity contribution < 1.29 is 9.59 Å². The van der Waals surface area contributed by atoms with Crippen LogP contribution >= 0.6 is 0 Å². The molecule has 178 valence electrons. The summed E-state index contributed by atoms with van der Waals surface area (Å²) in [6.07, 6.45) is 12.8. The molecule has 1 aliphatic rings. The maximum Gasteiger partial charge on any atom is 0.133 e. The molecule has 0 aromatic heterocycles. The minimum absolute atomic E-state index is 0.0428. The minimum atomic E-state index is 0.0428.